The lowest BCUT2D eigenvalue weighted by molar-refractivity contribution is 0.0954. The van der Waals surface area contributed by atoms with E-state index >= 15 is 0 Å². The number of nitrogens with one attached hydrogen (secondary N) is 1. The van der Waals surface area contributed by atoms with Gasteiger partial charge in [0, 0.05) is 19.8 Å². The van der Waals surface area contributed by atoms with Gasteiger partial charge in [-0.3, -0.25) is 14.0 Å². The van der Waals surface area contributed by atoms with Crippen molar-refractivity contribution in [2.45, 2.75) is 13.5 Å². The summed E-state index contributed by atoms with van der Waals surface area (Å²) in [5, 5.41) is 3.08. The number of hydrogen-bond acceptors (Lipinski definition) is 3. The molecule has 4 rings (SSSR count). The number of amides is 1. The van der Waals surface area contributed by atoms with E-state index in [-0.39, 0.29) is 11.5 Å². The summed E-state index contributed by atoms with van der Waals surface area (Å²) in [7, 11) is 1.58. The van der Waals surface area contributed by atoms with E-state index in [9.17, 15) is 9.59 Å². The highest BCUT2D eigenvalue weighted by Gasteiger charge is 2.19. The van der Waals surface area contributed by atoms with Crippen LogP contribution in [0.15, 0.2) is 59.5 Å². The smallest absolute Gasteiger partial charge is 0.267 e. The van der Waals surface area contributed by atoms with Crippen molar-refractivity contribution in [2.75, 3.05) is 7.05 Å². The molecule has 0 bridgehead atoms. The molecular weight excluding hydrogens is 328 g/mol. The Morgan fingerprint density at radius 1 is 1.12 bits per heavy atom. The van der Waals surface area contributed by atoms with Crippen LogP contribution in [0.2, 0.25) is 0 Å². The molecule has 1 amide bonds. The van der Waals surface area contributed by atoms with Gasteiger partial charge in [0.1, 0.15) is 17.0 Å². The zero-order chi connectivity index (χ0) is 18.3. The number of carbonyl (C=O) groups excluding carboxylic acids is 1. The highest BCUT2D eigenvalue weighted by Crippen LogP contribution is 2.19. The van der Waals surface area contributed by atoms with E-state index in [0.717, 1.165) is 11.1 Å². The molecule has 0 spiro atoms. The van der Waals surface area contributed by atoms with Gasteiger partial charge < -0.3 is 9.88 Å². The van der Waals surface area contributed by atoms with Crippen molar-refractivity contribution in [1.29, 1.82) is 0 Å². The molecule has 1 N–H and O–H groups in total. The van der Waals surface area contributed by atoms with Crippen LogP contribution in [-0.4, -0.2) is 26.9 Å². The first-order valence-corrected chi connectivity index (χ1v) is 8.37. The maximum atomic E-state index is 12.9. The van der Waals surface area contributed by atoms with Gasteiger partial charge in [-0.25, -0.2) is 4.98 Å². The first kappa shape index (κ1) is 16.1. The number of nitrogens with zero attached hydrogens (tertiary/aromatic N) is 3. The number of benzene rings is 1. The molecule has 0 saturated carbocycles. The maximum absolute atomic E-state index is 12.9. The van der Waals surface area contributed by atoms with Crippen LogP contribution in [0.4, 0.5) is 0 Å². The quantitative estimate of drug-likeness (QED) is 0.619. The van der Waals surface area contributed by atoms with Crippen molar-refractivity contribution >= 4 is 22.6 Å². The van der Waals surface area contributed by atoms with E-state index in [1.165, 1.54) is 4.40 Å². The number of aryl methyl sites for hydroxylation is 1. The van der Waals surface area contributed by atoms with Gasteiger partial charge in [0.25, 0.3) is 11.5 Å². The van der Waals surface area contributed by atoms with Crippen LogP contribution in [0, 0.1) is 6.92 Å². The van der Waals surface area contributed by atoms with Gasteiger partial charge in [-0.15, -0.1) is 0 Å². The summed E-state index contributed by atoms with van der Waals surface area (Å²) in [4.78, 5) is 30.1. The molecule has 0 aliphatic rings. The standard InChI is InChI=1S/C20H18N4O2/c1-13-7-6-10-23-17(13)22-18-15(20(23)26)11-16(19(25)21-2)24(18)12-14-8-4-3-5-9-14/h3-11H,12H2,1-2H3,(H,21,25). The summed E-state index contributed by atoms with van der Waals surface area (Å²) in [5.41, 5.74) is 3.30. The molecule has 26 heavy (non-hydrogen) atoms. The Morgan fingerprint density at radius 3 is 2.62 bits per heavy atom. The molecule has 0 aliphatic carbocycles. The molecular formula is C20H18N4O2. The highest BCUT2D eigenvalue weighted by atomic mass is 16.2. The summed E-state index contributed by atoms with van der Waals surface area (Å²) < 4.78 is 3.33. The zero-order valence-electron chi connectivity index (χ0n) is 14.6. The number of pyridine rings is 1. The largest absolute Gasteiger partial charge is 0.354 e. The second-order valence-electron chi connectivity index (χ2n) is 6.22. The van der Waals surface area contributed by atoms with E-state index < -0.39 is 0 Å². The number of aromatic nitrogens is 3. The van der Waals surface area contributed by atoms with Gasteiger partial charge in [0.15, 0.2) is 0 Å². The Morgan fingerprint density at radius 2 is 1.88 bits per heavy atom. The Hall–Kier alpha value is -3.41. The summed E-state index contributed by atoms with van der Waals surface area (Å²) in [6.07, 6.45) is 1.70. The summed E-state index contributed by atoms with van der Waals surface area (Å²) in [6, 6.07) is 15.2. The fourth-order valence-corrected chi connectivity index (χ4v) is 3.20. The minimum atomic E-state index is -0.246. The molecule has 6 heteroatoms. The second-order valence-corrected chi connectivity index (χ2v) is 6.22. The number of rotatable bonds is 3. The molecule has 0 saturated heterocycles. The minimum absolute atomic E-state index is 0.175. The van der Waals surface area contributed by atoms with E-state index in [4.69, 9.17) is 4.98 Å². The average molecular weight is 346 g/mol. The summed E-state index contributed by atoms with van der Waals surface area (Å²) in [6.45, 7) is 2.37. The van der Waals surface area contributed by atoms with Crippen molar-refractivity contribution in [3.05, 3.63) is 81.9 Å². The summed E-state index contributed by atoms with van der Waals surface area (Å²) >= 11 is 0. The topological polar surface area (TPSA) is 68.4 Å². The van der Waals surface area contributed by atoms with Gasteiger partial charge in [0.05, 0.1) is 5.39 Å². The van der Waals surface area contributed by atoms with Crippen LogP contribution in [0.25, 0.3) is 16.7 Å². The van der Waals surface area contributed by atoms with Gasteiger partial charge in [-0.2, -0.15) is 0 Å². The van der Waals surface area contributed by atoms with Crippen LogP contribution in [0.3, 0.4) is 0 Å². The van der Waals surface area contributed by atoms with Gasteiger partial charge in [-0.05, 0) is 30.2 Å². The fourth-order valence-electron chi connectivity index (χ4n) is 3.20. The second kappa shape index (κ2) is 6.15. The SMILES string of the molecule is CNC(=O)c1cc2c(=O)n3cccc(C)c3nc2n1Cc1ccccc1. The summed E-state index contributed by atoms with van der Waals surface area (Å²) in [5.74, 6) is -0.246. The minimum Gasteiger partial charge on any atom is -0.354 e. The maximum Gasteiger partial charge on any atom is 0.267 e. The lowest BCUT2D eigenvalue weighted by atomic mass is 10.2. The van der Waals surface area contributed by atoms with Gasteiger partial charge >= 0.3 is 0 Å². The van der Waals surface area contributed by atoms with Crippen molar-refractivity contribution in [3.8, 4) is 0 Å². The van der Waals surface area contributed by atoms with Crippen molar-refractivity contribution in [3.63, 3.8) is 0 Å². The van der Waals surface area contributed by atoms with Crippen LogP contribution < -0.4 is 10.9 Å². The van der Waals surface area contributed by atoms with Crippen molar-refractivity contribution < 1.29 is 4.79 Å². The predicted molar refractivity (Wildman–Crippen MR) is 101 cm³/mol. The van der Waals surface area contributed by atoms with Crippen LogP contribution >= 0.6 is 0 Å². The van der Waals surface area contributed by atoms with Crippen LogP contribution in [0.5, 0.6) is 0 Å². The first-order valence-electron chi connectivity index (χ1n) is 8.37. The van der Waals surface area contributed by atoms with E-state index in [1.54, 1.807) is 23.9 Å². The number of hydrogen-bond donors (Lipinski definition) is 1. The van der Waals surface area contributed by atoms with Gasteiger partial charge in [0.2, 0.25) is 0 Å². The molecule has 4 aromatic rings. The molecule has 130 valence electrons. The fraction of sp³-hybridized carbons (Fsp3) is 0.150. The predicted octanol–water partition coefficient (Wildman–Crippen LogP) is 2.37. The number of fused-ring (bicyclic) bond motifs is 2. The molecule has 0 radical (unpaired) electrons. The van der Waals surface area contributed by atoms with E-state index in [0.29, 0.717) is 28.9 Å². The molecule has 3 heterocycles. The molecule has 0 aliphatic heterocycles. The average Bonchev–Trinajstić information content (AvgIpc) is 3.02. The van der Waals surface area contributed by atoms with Gasteiger partial charge in [-0.1, -0.05) is 36.4 Å². The molecule has 0 unspecified atom stereocenters. The first-order chi connectivity index (χ1) is 12.6. The van der Waals surface area contributed by atoms with E-state index in [2.05, 4.69) is 5.32 Å². The van der Waals surface area contributed by atoms with Crippen LogP contribution in [-0.2, 0) is 6.54 Å². The monoisotopic (exact) mass is 346 g/mol. The van der Waals surface area contributed by atoms with Crippen molar-refractivity contribution in [1.82, 2.24) is 19.3 Å². The molecule has 3 aromatic heterocycles. The molecule has 6 nitrogen and oxygen atoms in total. The third-order valence-electron chi connectivity index (χ3n) is 4.53. The zero-order valence-corrected chi connectivity index (χ0v) is 14.6. The molecule has 0 atom stereocenters. The van der Waals surface area contributed by atoms with E-state index in [1.807, 2.05) is 49.4 Å². The Bertz CT molecular complexity index is 1190. The Balaban J connectivity index is 2.06. The normalized spacial score (nSPS) is 11.2. The van der Waals surface area contributed by atoms with Crippen LogP contribution in [0.1, 0.15) is 21.6 Å². The lowest BCUT2D eigenvalue weighted by Crippen LogP contribution is -2.22. The highest BCUT2D eigenvalue weighted by molar-refractivity contribution is 5.98. The Kier molecular flexibility index (Phi) is 3.80. The molecule has 1 aromatic carbocycles. The third kappa shape index (κ3) is 2.47. The Labute approximate surface area is 149 Å². The van der Waals surface area contributed by atoms with Crippen molar-refractivity contribution in [2.24, 2.45) is 0 Å². The lowest BCUT2D eigenvalue weighted by Gasteiger charge is -2.10. The third-order valence-corrected chi connectivity index (χ3v) is 4.53. The number of carbonyl (C=O) groups is 1. The molecule has 0 fully saturated rings.